The van der Waals surface area contributed by atoms with Gasteiger partial charge in [-0.05, 0) is 12.1 Å². The number of ether oxygens (including phenoxy) is 1. The van der Waals surface area contributed by atoms with E-state index in [9.17, 15) is 4.79 Å². The van der Waals surface area contributed by atoms with Crippen molar-refractivity contribution in [2.24, 2.45) is 7.05 Å². The van der Waals surface area contributed by atoms with Crippen LogP contribution in [0.15, 0.2) is 48.2 Å². The number of benzene rings is 1. The third-order valence-electron chi connectivity index (χ3n) is 4.34. The lowest BCUT2D eigenvalue weighted by molar-refractivity contribution is 0.0778. The molecule has 0 fully saturated rings. The number of amides is 1. The van der Waals surface area contributed by atoms with Gasteiger partial charge in [-0.3, -0.25) is 13.9 Å². The van der Waals surface area contributed by atoms with Crippen LogP contribution in [0.1, 0.15) is 16.1 Å². The largest absolute Gasteiger partial charge is 0.496 e. The number of thiazole rings is 1. The summed E-state index contributed by atoms with van der Waals surface area (Å²) < 4.78 is 9.00. The highest BCUT2D eigenvalue weighted by atomic mass is 32.1. The number of aromatic nitrogens is 4. The van der Waals surface area contributed by atoms with Crippen LogP contribution in [0.3, 0.4) is 0 Å². The summed E-state index contributed by atoms with van der Waals surface area (Å²) in [6.45, 7) is 0.498. The molecule has 0 spiro atoms. The molecule has 0 N–H and O–H groups in total. The van der Waals surface area contributed by atoms with Gasteiger partial charge in [0.05, 0.1) is 19.0 Å². The molecule has 8 heteroatoms. The van der Waals surface area contributed by atoms with Crippen molar-refractivity contribution in [3.63, 3.8) is 0 Å². The number of para-hydroxylation sites is 1. The molecule has 7 nitrogen and oxygen atoms in total. The highest BCUT2D eigenvalue weighted by molar-refractivity contribution is 7.15. The van der Waals surface area contributed by atoms with Crippen molar-refractivity contribution in [3.05, 3.63) is 59.5 Å². The monoisotopic (exact) mass is 381 g/mol. The molecule has 0 saturated heterocycles. The molecule has 3 aromatic heterocycles. The fourth-order valence-corrected chi connectivity index (χ4v) is 3.87. The van der Waals surface area contributed by atoms with Crippen molar-refractivity contribution in [2.75, 3.05) is 14.2 Å². The van der Waals surface area contributed by atoms with Crippen molar-refractivity contribution in [1.29, 1.82) is 0 Å². The predicted molar refractivity (Wildman–Crippen MR) is 104 cm³/mol. The van der Waals surface area contributed by atoms with Crippen LogP contribution in [-0.2, 0) is 13.6 Å². The first-order valence-electron chi connectivity index (χ1n) is 8.40. The number of imidazole rings is 1. The zero-order chi connectivity index (χ0) is 19.0. The number of rotatable bonds is 5. The maximum atomic E-state index is 12.9. The van der Waals surface area contributed by atoms with Crippen LogP contribution >= 0.6 is 11.3 Å². The Kier molecular flexibility index (Phi) is 4.41. The molecule has 4 rings (SSSR count). The van der Waals surface area contributed by atoms with Gasteiger partial charge in [0.1, 0.15) is 11.4 Å². The van der Waals surface area contributed by atoms with Gasteiger partial charge >= 0.3 is 0 Å². The van der Waals surface area contributed by atoms with E-state index in [1.165, 1.54) is 11.3 Å². The van der Waals surface area contributed by atoms with Gasteiger partial charge in [0, 0.05) is 49.5 Å². The van der Waals surface area contributed by atoms with E-state index in [0.717, 1.165) is 27.5 Å². The van der Waals surface area contributed by atoms with Gasteiger partial charge in [-0.2, -0.15) is 5.10 Å². The van der Waals surface area contributed by atoms with E-state index >= 15 is 0 Å². The van der Waals surface area contributed by atoms with Gasteiger partial charge in [-0.15, -0.1) is 11.3 Å². The van der Waals surface area contributed by atoms with Gasteiger partial charge in [-0.25, -0.2) is 4.98 Å². The first kappa shape index (κ1) is 17.3. The Morgan fingerprint density at radius 1 is 1.30 bits per heavy atom. The zero-order valence-corrected chi connectivity index (χ0v) is 16.1. The summed E-state index contributed by atoms with van der Waals surface area (Å²) >= 11 is 1.45. The van der Waals surface area contributed by atoms with E-state index in [1.54, 1.807) is 29.9 Å². The molecular weight excluding hydrogens is 362 g/mol. The SMILES string of the molecule is COc1ccccc1-c1cn2c(C(=O)N(C)Cc3cnn(C)c3)csc2n1. The number of methoxy groups -OCH3 is 1. The Morgan fingerprint density at radius 2 is 2.11 bits per heavy atom. The normalized spacial score (nSPS) is 11.1. The molecule has 0 unspecified atom stereocenters. The average Bonchev–Trinajstić information content (AvgIpc) is 3.36. The topological polar surface area (TPSA) is 64.7 Å². The maximum Gasteiger partial charge on any atom is 0.271 e. The van der Waals surface area contributed by atoms with Crippen molar-refractivity contribution in [2.45, 2.75) is 6.54 Å². The smallest absolute Gasteiger partial charge is 0.271 e. The van der Waals surface area contributed by atoms with Crippen molar-refractivity contribution in [1.82, 2.24) is 24.1 Å². The molecular formula is C19H19N5O2S. The predicted octanol–water partition coefficient (Wildman–Crippen LogP) is 3.08. The lowest BCUT2D eigenvalue weighted by Crippen LogP contribution is -2.27. The Hall–Kier alpha value is -3.13. The highest BCUT2D eigenvalue weighted by Gasteiger charge is 2.20. The molecule has 3 heterocycles. The quantitative estimate of drug-likeness (QED) is 0.533. The lowest BCUT2D eigenvalue weighted by atomic mass is 10.1. The number of fused-ring (bicyclic) bond motifs is 1. The third-order valence-corrected chi connectivity index (χ3v) is 5.18. The molecule has 0 aliphatic heterocycles. The Labute approximate surface area is 160 Å². The second-order valence-corrected chi connectivity index (χ2v) is 7.12. The van der Waals surface area contributed by atoms with Gasteiger partial charge in [0.25, 0.3) is 5.91 Å². The molecule has 0 atom stereocenters. The molecule has 0 saturated carbocycles. The molecule has 1 amide bonds. The minimum absolute atomic E-state index is 0.0610. The molecule has 138 valence electrons. The van der Waals surface area contributed by atoms with Crippen LogP contribution < -0.4 is 4.74 Å². The molecule has 0 aliphatic carbocycles. The van der Waals surface area contributed by atoms with E-state index < -0.39 is 0 Å². The van der Waals surface area contributed by atoms with Crippen LogP contribution in [0, 0.1) is 0 Å². The molecule has 4 aromatic rings. The van der Waals surface area contributed by atoms with E-state index in [2.05, 4.69) is 10.1 Å². The molecule has 0 bridgehead atoms. The van der Waals surface area contributed by atoms with Crippen molar-refractivity contribution in [3.8, 4) is 17.0 Å². The maximum absolute atomic E-state index is 12.9. The van der Waals surface area contributed by atoms with Crippen LogP contribution in [-0.4, -0.2) is 44.1 Å². The van der Waals surface area contributed by atoms with E-state index in [1.807, 2.05) is 53.5 Å². The average molecular weight is 381 g/mol. The van der Waals surface area contributed by atoms with Gasteiger partial charge in [-0.1, -0.05) is 12.1 Å². The summed E-state index contributed by atoms with van der Waals surface area (Å²) in [5.41, 5.74) is 3.26. The number of carbonyl (C=O) groups excluding carboxylic acids is 1. The van der Waals surface area contributed by atoms with E-state index in [0.29, 0.717) is 12.2 Å². The number of carbonyl (C=O) groups is 1. The Balaban J connectivity index is 1.64. The first-order chi connectivity index (χ1) is 13.1. The van der Waals surface area contributed by atoms with E-state index in [4.69, 9.17) is 4.74 Å². The summed E-state index contributed by atoms with van der Waals surface area (Å²) in [7, 11) is 5.29. The van der Waals surface area contributed by atoms with Crippen LogP contribution in [0.25, 0.3) is 16.2 Å². The van der Waals surface area contributed by atoms with Gasteiger partial charge in [0.15, 0.2) is 4.96 Å². The Morgan fingerprint density at radius 3 is 2.85 bits per heavy atom. The summed E-state index contributed by atoms with van der Waals surface area (Å²) in [6.07, 6.45) is 5.56. The summed E-state index contributed by atoms with van der Waals surface area (Å²) in [5.74, 6) is 0.693. The Bertz CT molecular complexity index is 1110. The lowest BCUT2D eigenvalue weighted by Gasteiger charge is -2.15. The van der Waals surface area contributed by atoms with Crippen LogP contribution in [0.4, 0.5) is 0 Å². The number of hydrogen-bond donors (Lipinski definition) is 0. The molecule has 0 radical (unpaired) electrons. The molecule has 27 heavy (non-hydrogen) atoms. The standard InChI is InChI=1S/C19H19N5O2S/c1-22(9-13-8-20-23(2)10-13)18(25)16-12-27-19-21-15(11-24(16)19)14-6-4-5-7-17(14)26-3/h4-8,10-12H,9H2,1-3H3. The summed E-state index contributed by atoms with van der Waals surface area (Å²) in [5, 5.41) is 5.99. The first-order valence-corrected chi connectivity index (χ1v) is 9.27. The minimum atomic E-state index is -0.0610. The minimum Gasteiger partial charge on any atom is -0.496 e. The summed E-state index contributed by atoms with van der Waals surface area (Å²) in [6, 6.07) is 7.72. The van der Waals surface area contributed by atoms with E-state index in [-0.39, 0.29) is 5.91 Å². The van der Waals surface area contributed by atoms with Gasteiger partial charge < -0.3 is 9.64 Å². The van der Waals surface area contributed by atoms with Crippen LogP contribution in [0.2, 0.25) is 0 Å². The number of nitrogens with zero attached hydrogens (tertiary/aromatic N) is 5. The zero-order valence-electron chi connectivity index (χ0n) is 15.3. The number of aryl methyl sites for hydroxylation is 1. The second kappa shape index (κ2) is 6.88. The highest BCUT2D eigenvalue weighted by Crippen LogP contribution is 2.30. The fourth-order valence-electron chi connectivity index (χ4n) is 3.02. The van der Waals surface area contributed by atoms with Gasteiger partial charge in [0.2, 0.25) is 0 Å². The van der Waals surface area contributed by atoms with Crippen LogP contribution in [0.5, 0.6) is 5.75 Å². The van der Waals surface area contributed by atoms with Crippen molar-refractivity contribution < 1.29 is 9.53 Å². The third kappa shape index (κ3) is 3.19. The molecule has 0 aliphatic rings. The number of hydrogen-bond acceptors (Lipinski definition) is 5. The molecule has 1 aromatic carbocycles. The van der Waals surface area contributed by atoms with Crippen molar-refractivity contribution >= 4 is 22.2 Å². The summed E-state index contributed by atoms with van der Waals surface area (Å²) in [4.78, 5) is 20.0. The second-order valence-electron chi connectivity index (χ2n) is 6.28. The fraction of sp³-hybridized carbons (Fsp3) is 0.211.